The lowest BCUT2D eigenvalue weighted by Gasteiger charge is -2.32. The molecule has 0 bridgehead atoms. The van der Waals surface area contributed by atoms with Crippen LogP contribution in [-0.2, 0) is 12.8 Å². The van der Waals surface area contributed by atoms with Crippen molar-refractivity contribution in [1.82, 2.24) is 0 Å². The first kappa shape index (κ1) is 24.4. The molecule has 2 heteroatoms. The van der Waals surface area contributed by atoms with Crippen LogP contribution in [-0.4, -0.2) is 0 Å². The van der Waals surface area contributed by atoms with Crippen LogP contribution in [0.5, 0.6) is 0 Å². The Balaban J connectivity index is 1.57. The van der Waals surface area contributed by atoms with Gasteiger partial charge in [0.1, 0.15) is 0 Å². The van der Waals surface area contributed by atoms with Gasteiger partial charge in [-0.15, -0.1) is 0 Å². The van der Waals surface area contributed by atoms with Crippen molar-refractivity contribution < 1.29 is 8.78 Å². The molecule has 0 aromatic heterocycles. The summed E-state index contributed by atoms with van der Waals surface area (Å²) >= 11 is 0. The maximum atomic E-state index is 14.2. The summed E-state index contributed by atoms with van der Waals surface area (Å²) in [7, 11) is 0. The first-order valence-corrected chi connectivity index (χ1v) is 12.5. The van der Waals surface area contributed by atoms with Gasteiger partial charge >= 0.3 is 0 Å². The van der Waals surface area contributed by atoms with E-state index in [1.165, 1.54) is 55.7 Å². The zero-order valence-electron chi connectivity index (χ0n) is 19.8. The van der Waals surface area contributed by atoms with E-state index in [0.29, 0.717) is 5.56 Å². The third-order valence-electron chi connectivity index (χ3n) is 6.86. The maximum absolute atomic E-state index is 14.2. The summed E-state index contributed by atoms with van der Waals surface area (Å²) in [5.74, 6) is -1.54. The van der Waals surface area contributed by atoms with Crippen molar-refractivity contribution in [2.24, 2.45) is 5.41 Å². The van der Waals surface area contributed by atoms with Gasteiger partial charge in [0.25, 0.3) is 0 Å². The van der Waals surface area contributed by atoms with Crippen molar-refractivity contribution >= 4 is 5.57 Å². The van der Waals surface area contributed by atoms with E-state index >= 15 is 0 Å². The van der Waals surface area contributed by atoms with Crippen molar-refractivity contribution in [2.45, 2.75) is 84.5 Å². The van der Waals surface area contributed by atoms with Gasteiger partial charge < -0.3 is 0 Å². The van der Waals surface area contributed by atoms with Crippen molar-refractivity contribution in [1.29, 1.82) is 0 Å². The van der Waals surface area contributed by atoms with Crippen LogP contribution >= 0.6 is 0 Å². The van der Waals surface area contributed by atoms with Gasteiger partial charge in [0.05, 0.1) is 0 Å². The first-order chi connectivity index (χ1) is 15.6. The molecule has 0 saturated heterocycles. The summed E-state index contributed by atoms with van der Waals surface area (Å²) in [6.45, 7) is 4.47. The maximum Gasteiger partial charge on any atom is 0.166 e. The second kappa shape index (κ2) is 12.1. The number of halogens is 2. The van der Waals surface area contributed by atoms with Crippen LogP contribution in [0.4, 0.5) is 8.78 Å². The van der Waals surface area contributed by atoms with Crippen LogP contribution in [0.25, 0.3) is 5.57 Å². The third-order valence-corrected chi connectivity index (χ3v) is 6.86. The molecule has 0 heterocycles. The smallest absolute Gasteiger partial charge is 0.166 e. The fourth-order valence-corrected chi connectivity index (χ4v) is 4.83. The zero-order valence-corrected chi connectivity index (χ0v) is 19.8. The molecule has 1 atom stereocenters. The largest absolute Gasteiger partial charge is 0.204 e. The number of unbranched alkanes of at least 4 members (excludes halogenated alkanes) is 4. The Labute approximate surface area is 193 Å². The van der Waals surface area contributed by atoms with E-state index in [-0.39, 0.29) is 5.41 Å². The fraction of sp³-hybridized carbons (Fsp3) is 0.467. The van der Waals surface area contributed by atoms with Gasteiger partial charge in [0.2, 0.25) is 0 Å². The highest BCUT2D eigenvalue weighted by Crippen LogP contribution is 2.41. The third kappa shape index (κ3) is 6.64. The summed E-state index contributed by atoms with van der Waals surface area (Å²) in [6.07, 6.45) is 19.3. The SMILES string of the molecule is CCCCCCCc1ccc(CCC2(CCC)C=CC(c3cccc(F)c3F)=CC2)cc1. The minimum atomic E-state index is -0.786. The first-order valence-electron chi connectivity index (χ1n) is 12.5. The molecule has 1 aliphatic carbocycles. The highest BCUT2D eigenvalue weighted by atomic mass is 19.2. The van der Waals surface area contributed by atoms with Gasteiger partial charge in [0, 0.05) is 5.56 Å². The molecular weight excluding hydrogens is 398 g/mol. The molecule has 2 aromatic rings. The molecule has 172 valence electrons. The molecule has 3 rings (SSSR count). The minimum absolute atomic E-state index is 0.0972. The minimum Gasteiger partial charge on any atom is -0.204 e. The van der Waals surface area contributed by atoms with E-state index in [1.807, 2.05) is 6.08 Å². The van der Waals surface area contributed by atoms with Crippen molar-refractivity contribution in [2.75, 3.05) is 0 Å². The molecule has 0 amide bonds. The Morgan fingerprint density at radius 2 is 1.50 bits per heavy atom. The second-order valence-corrected chi connectivity index (χ2v) is 9.39. The van der Waals surface area contributed by atoms with Crippen LogP contribution in [0.2, 0.25) is 0 Å². The van der Waals surface area contributed by atoms with Crippen LogP contribution in [0.3, 0.4) is 0 Å². The summed E-state index contributed by atoms with van der Waals surface area (Å²) in [6, 6.07) is 13.6. The van der Waals surface area contributed by atoms with Gasteiger partial charge in [0.15, 0.2) is 11.6 Å². The topological polar surface area (TPSA) is 0 Å². The highest BCUT2D eigenvalue weighted by Gasteiger charge is 2.28. The van der Waals surface area contributed by atoms with E-state index in [2.05, 4.69) is 50.3 Å². The zero-order chi connectivity index (χ0) is 22.8. The second-order valence-electron chi connectivity index (χ2n) is 9.39. The molecular formula is C30H38F2. The Morgan fingerprint density at radius 3 is 2.16 bits per heavy atom. The number of rotatable bonds is 12. The Morgan fingerprint density at radius 1 is 0.781 bits per heavy atom. The van der Waals surface area contributed by atoms with E-state index < -0.39 is 11.6 Å². The van der Waals surface area contributed by atoms with Gasteiger partial charge in [-0.25, -0.2) is 8.78 Å². The van der Waals surface area contributed by atoms with Gasteiger partial charge in [-0.1, -0.05) is 101 Å². The van der Waals surface area contributed by atoms with Crippen molar-refractivity contribution in [3.63, 3.8) is 0 Å². The molecule has 32 heavy (non-hydrogen) atoms. The fourth-order valence-electron chi connectivity index (χ4n) is 4.83. The standard InChI is InChI=1S/C30H38F2/c1-3-5-6-7-8-10-24-13-15-25(16-14-24)17-21-30(20-4-2)22-18-26(19-23-30)27-11-9-12-28(31)29(27)32/h9,11-16,18-19,22H,3-8,10,17,20-21,23H2,1-2H3. The summed E-state index contributed by atoms with van der Waals surface area (Å²) in [5, 5.41) is 0. The van der Waals surface area contributed by atoms with Gasteiger partial charge in [-0.05, 0) is 66.7 Å². The Bertz CT molecular complexity index is 907. The number of benzene rings is 2. The lowest BCUT2D eigenvalue weighted by atomic mass is 9.72. The molecule has 0 N–H and O–H groups in total. The summed E-state index contributed by atoms with van der Waals surface area (Å²) in [5.41, 5.74) is 4.07. The summed E-state index contributed by atoms with van der Waals surface area (Å²) < 4.78 is 27.8. The predicted molar refractivity (Wildman–Crippen MR) is 133 cm³/mol. The van der Waals surface area contributed by atoms with E-state index in [1.54, 1.807) is 12.1 Å². The predicted octanol–water partition coefficient (Wildman–Crippen LogP) is 9.24. The normalized spacial score (nSPS) is 18.1. The molecule has 2 aromatic carbocycles. The average molecular weight is 437 g/mol. The van der Waals surface area contributed by atoms with Crippen LogP contribution in [0.15, 0.2) is 60.7 Å². The number of allylic oxidation sites excluding steroid dienone is 4. The molecule has 0 radical (unpaired) electrons. The Kier molecular flexibility index (Phi) is 9.26. The molecule has 0 nitrogen and oxygen atoms in total. The molecule has 0 fully saturated rings. The van der Waals surface area contributed by atoms with E-state index in [4.69, 9.17) is 0 Å². The molecule has 1 unspecified atom stereocenters. The van der Waals surface area contributed by atoms with Crippen LogP contribution in [0, 0.1) is 17.0 Å². The molecule has 0 aliphatic heterocycles. The average Bonchev–Trinajstić information content (AvgIpc) is 2.81. The highest BCUT2D eigenvalue weighted by molar-refractivity contribution is 5.75. The van der Waals surface area contributed by atoms with E-state index in [9.17, 15) is 8.78 Å². The Hall–Kier alpha value is -2.22. The van der Waals surface area contributed by atoms with Gasteiger partial charge in [-0.2, -0.15) is 0 Å². The molecule has 1 aliphatic rings. The van der Waals surface area contributed by atoms with Crippen LogP contribution in [0.1, 0.15) is 88.3 Å². The number of aryl methyl sites for hydroxylation is 2. The number of hydrogen-bond acceptors (Lipinski definition) is 0. The quantitative estimate of drug-likeness (QED) is 0.291. The lowest BCUT2D eigenvalue weighted by Crippen LogP contribution is -2.20. The summed E-state index contributed by atoms with van der Waals surface area (Å²) in [4.78, 5) is 0. The van der Waals surface area contributed by atoms with Crippen molar-refractivity contribution in [3.8, 4) is 0 Å². The molecule has 0 saturated carbocycles. The number of hydrogen-bond donors (Lipinski definition) is 0. The van der Waals surface area contributed by atoms with Crippen LogP contribution < -0.4 is 0 Å². The van der Waals surface area contributed by atoms with E-state index in [0.717, 1.165) is 37.7 Å². The molecule has 0 spiro atoms. The monoisotopic (exact) mass is 436 g/mol. The van der Waals surface area contributed by atoms with Crippen molar-refractivity contribution in [3.05, 3.63) is 89.0 Å². The lowest BCUT2D eigenvalue weighted by molar-refractivity contribution is 0.321. The van der Waals surface area contributed by atoms with Gasteiger partial charge in [-0.3, -0.25) is 0 Å².